The van der Waals surface area contributed by atoms with Crippen LogP contribution in [0.4, 0.5) is 0 Å². The first kappa shape index (κ1) is 19.2. The maximum absolute atomic E-state index is 12.6. The van der Waals surface area contributed by atoms with Crippen LogP contribution < -0.4 is 0 Å². The van der Waals surface area contributed by atoms with Crippen LogP contribution in [0.25, 0.3) is 0 Å². The van der Waals surface area contributed by atoms with Crippen molar-refractivity contribution in [1.29, 1.82) is 0 Å². The summed E-state index contributed by atoms with van der Waals surface area (Å²) in [5.41, 5.74) is 0.547. The Bertz CT molecular complexity index is 647. The van der Waals surface area contributed by atoms with Gasteiger partial charge >= 0.3 is 5.97 Å². The van der Waals surface area contributed by atoms with Gasteiger partial charge in [0.2, 0.25) is 5.91 Å². The summed E-state index contributed by atoms with van der Waals surface area (Å²) >= 11 is 5.85. The number of amides is 2. The smallest absolute Gasteiger partial charge is 0.308 e. The number of rotatable bonds is 5. The second-order valence-electron chi connectivity index (χ2n) is 6.56. The molecule has 0 aromatic heterocycles. The van der Waals surface area contributed by atoms with Gasteiger partial charge in [-0.2, -0.15) is 0 Å². The van der Waals surface area contributed by atoms with Crippen LogP contribution in [0, 0.1) is 11.8 Å². The molecule has 0 spiro atoms. The number of piperidine rings is 1. The van der Waals surface area contributed by atoms with Gasteiger partial charge in [-0.25, -0.2) is 0 Å². The molecule has 2 amide bonds. The summed E-state index contributed by atoms with van der Waals surface area (Å²) in [5.74, 6) is -2.07. The topological polar surface area (TPSA) is 77.9 Å². The Morgan fingerprint density at radius 1 is 1.32 bits per heavy atom. The largest absolute Gasteiger partial charge is 0.481 e. The van der Waals surface area contributed by atoms with Crippen LogP contribution in [-0.4, -0.2) is 59.4 Å². The number of nitrogens with zero attached hydrogens (tertiary/aromatic N) is 2. The Morgan fingerprint density at radius 2 is 1.96 bits per heavy atom. The average molecular weight is 367 g/mol. The van der Waals surface area contributed by atoms with E-state index in [0.717, 1.165) is 6.42 Å². The molecule has 0 bridgehead atoms. The summed E-state index contributed by atoms with van der Waals surface area (Å²) in [6.07, 6.45) is 1.45. The van der Waals surface area contributed by atoms with Crippen LogP contribution in [0.5, 0.6) is 0 Å². The summed E-state index contributed by atoms with van der Waals surface area (Å²) in [6, 6.07) is 6.69. The molecule has 7 heteroatoms. The predicted octanol–water partition coefficient (Wildman–Crippen LogP) is 2.37. The first-order chi connectivity index (χ1) is 11.8. The van der Waals surface area contributed by atoms with E-state index >= 15 is 0 Å². The number of aliphatic carboxylic acids is 1. The van der Waals surface area contributed by atoms with Crippen molar-refractivity contribution >= 4 is 29.4 Å². The number of carbonyl (C=O) groups is 3. The lowest BCUT2D eigenvalue weighted by molar-refractivity contribution is -0.143. The molecule has 1 fully saturated rings. The maximum atomic E-state index is 12.6. The molecule has 1 N–H and O–H groups in total. The number of carboxylic acids is 1. The molecule has 1 aliphatic rings. The lowest BCUT2D eigenvalue weighted by Crippen LogP contribution is -2.46. The molecule has 0 aliphatic carbocycles. The zero-order valence-corrected chi connectivity index (χ0v) is 15.2. The third kappa shape index (κ3) is 4.95. The van der Waals surface area contributed by atoms with Crippen LogP contribution in [0.15, 0.2) is 24.3 Å². The molecule has 136 valence electrons. The Kier molecular flexibility index (Phi) is 6.42. The monoisotopic (exact) mass is 366 g/mol. The van der Waals surface area contributed by atoms with E-state index in [2.05, 4.69) is 0 Å². The van der Waals surface area contributed by atoms with E-state index in [1.807, 2.05) is 0 Å². The molecule has 1 saturated heterocycles. The van der Waals surface area contributed by atoms with E-state index in [9.17, 15) is 14.4 Å². The van der Waals surface area contributed by atoms with E-state index in [-0.39, 0.29) is 24.3 Å². The van der Waals surface area contributed by atoms with E-state index in [0.29, 0.717) is 30.1 Å². The SMILES string of the molecule is CC(CN(C)C(=O)C1CCCN(C(=O)c2ccc(Cl)cc2)C1)C(=O)O. The Labute approximate surface area is 152 Å². The third-order valence-corrected chi connectivity index (χ3v) is 4.75. The van der Waals surface area contributed by atoms with Crippen molar-refractivity contribution < 1.29 is 19.5 Å². The number of likely N-dealkylation sites (tertiary alicyclic amines) is 1. The molecule has 0 radical (unpaired) electrons. The lowest BCUT2D eigenvalue weighted by atomic mass is 9.95. The molecular weight excluding hydrogens is 344 g/mol. The predicted molar refractivity (Wildman–Crippen MR) is 94.5 cm³/mol. The second kappa shape index (κ2) is 8.34. The van der Waals surface area contributed by atoms with Crippen molar-refractivity contribution in [2.45, 2.75) is 19.8 Å². The summed E-state index contributed by atoms with van der Waals surface area (Å²) in [6.45, 7) is 2.70. The van der Waals surface area contributed by atoms with Gasteiger partial charge in [-0.1, -0.05) is 18.5 Å². The van der Waals surface area contributed by atoms with Crippen molar-refractivity contribution in [2.24, 2.45) is 11.8 Å². The van der Waals surface area contributed by atoms with Crippen LogP contribution in [0.3, 0.4) is 0 Å². The molecule has 1 aromatic rings. The fourth-order valence-corrected chi connectivity index (χ4v) is 3.15. The third-order valence-electron chi connectivity index (χ3n) is 4.49. The number of hydrogen-bond acceptors (Lipinski definition) is 3. The van der Waals surface area contributed by atoms with Crippen molar-refractivity contribution in [2.75, 3.05) is 26.7 Å². The zero-order chi connectivity index (χ0) is 18.6. The highest BCUT2D eigenvalue weighted by atomic mass is 35.5. The van der Waals surface area contributed by atoms with Crippen molar-refractivity contribution in [3.63, 3.8) is 0 Å². The van der Waals surface area contributed by atoms with Gasteiger partial charge in [0.1, 0.15) is 0 Å². The van der Waals surface area contributed by atoms with Gasteiger partial charge in [0.25, 0.3) is 5.91 Å². The van der Waals surface area contributed by atoms with Crippen molar-refractivity contribution in [1.82, 2.24) is 9.80 Å². The average Bonchev–Trinajstić information content (AvgIpc) is 2.61. The van der Waals surface area contributed by atoms with Crippen LogP contribution in [0.1, 0.15) is 30.1 Å². The summed E-state index contributed by atoms with van der Waals surface area (Å²) in [5, 5.41) is 9.55. The van der Waals surface area contributed by atoms with E-state index < -0.39 is 11.9 Å². The molecule has 1 aliphatic heterocycles. The molecule has 6 nitrogen and oxygen atoms in total. The van der Waals surface area contributed by atoms with Gasteiger partial charge in [-0.15, -0.1) is 0 Å². The quantitative estimate of drug-likeness (QED) is 0.867. The fourth-order valence-electron chi connectivity index (χ4n) is 3.03. The Hall–Kier alpha value is -2.08. The minimum absolute atomic E-state index is 0.110. The molecular formula is C18H23ClN2O4. The molecule has 1 aromatic carbocycles. The highest BCUT2D eigenvalue weighted by molar-refractivity contribution is 6.30. The Morgan fingerprint density at radius 3 is 2.56 bits per heavy atom. The van der Waals surface area contributed by atoms with Crippen LogP contribution in [-0.2, 0) is 9.59 Å². The second-order valence-corrected chi connectivity index (χ2v) is 6.99. The van der Waals surface area contributed by atoms with Gasteiger partial charge in [0.05, 0.1) is 11.8 Å². The maximum Gasteiger partial charge on any atom is 0.308 e. The number of halogens is 1. The fraction of sp³-hybridized carbons (Fsp3) is 0.500. The normalized spacial score (nSPS) is 18.5. The first-order valence-electron chi connectivity index (χ1n) is 8.32. The number of carbonyl (C=O) groups excluding carboxylic acids is 2. The van der Waals surface area contributed by atoms with Crippen molar-refractivity contribution in [3.8, 4) is 0 Å². The molecule has 2 unspecified atom stereocenters. The van der Waals surface area contributed by atoms with Crippen LogP contribution in [0.2, 0.25) is 5.02 Å². The summed E-state index contributed by atoms with van der Waals surface area (Å²) in [7, 11) is 1.61. The highest BCUT2D eigenvalue weighted by Crippen LogP contribution is 2.21. The highest BCUT2D eigenvalue weighted by Gasteiger charge is 2.31. The van der Waals surface area contributed by atoms with Gasteiger partial charge in [0, 0.05) is 37.3 Å². The van der Waals surface area contributed by atoms with Gasteiger partial charge in [-0.3, -0.25) is 14.4 Å². The molecule has 1 heterocycles. The van der Waals surface area contributed by atoms with Crippen molar-refractivity contribution in [3.05, 3.63) is 34.9 Å². The van der Waals surface area contributed by atoms with E-state index in [1.165, 1.54) is 4.90 Å². The van der Waals surface area contributed by atoms with Crippen LogP contribution >= 0.6 is 11.6 Å². The molecule has 25 heavy (non-hydrogen) atoms. The van der Waals surface area contributed by atoms with E-state index in [4.69, 9.17) is 16.7 Å². The molecule has 0 saturated carbocycles. The number of benzene rings is 1. The minimum Gasteiger partial charge on any atom is -0.481 e. The van der Waals surface area contributed by atoms with Gasteiger partial charge in [-0.05, 0) is 37.1 Å². The number of hydrogen-bond donors (Lipinski definition) is 1. The molecule has 2 rings (SSSR count). The first-order valence-corrected chi connectivity index (χ1v) is 8.70. The number of carboxylic acid groups (broad SMARTS) is 1. The van der Waals surface area contributed by atoms with Gasteiger partial charge < -0.3 is 14.9 Å². The molecule has 2 atom stereocenters. The van der Waals surface area contributed by atoms with Gasteiger partial charge in [0.15, 0.2) is 0 Å². The Balaban J connectivity index is 1.99. The van der Waals surface area contributed by atoms with E-state index in [1.54, 1.807) is 43.1 Å². The minimum atomic E-state index is -0.928. The standard InChI is InChI=1S/C18H23ClN2O4/c1-12(18(24)25)10-20(2)16(22)14-4-3-9-21(11-14)17(23)13-5-7-15(19)8-6-13/h5-8,12,14H,3-4,9-11H2,1-2H3,(H,24,25). The lowest BCUT2D eigenvalue weighted by Gasteiger charge is -2.34. The summed E-state index contributed by atoms with van der Waals surface area (Å²) in [4.78, 5) is 39.3. The summed E-state index contributed by atoms with van der Waals surface area (Å²) < 4.78 is 0. The zero-order valence-electron chi connectivity index (χ0n) is 14.4.